The Morgan fingerprint density at radius 3 is 2.67 bits per heavy atom. The summed E-state index contributed by atoms with van der Waals surface area (Å²) in [6.07, 6.45) is 4.96. The van der Waals surface area contributed by atoms with E-state index in [1.54, 1.807) is 18.2 Å². The third-order valence-corrected chi connectivity index (χ3v) is 3.96. The van der Waals surface area contributed by atoms with Crippen molar-refractivity contribution in [3.63, 3.8) is 0 Å². The summed E-state index contributed by atoms with van der Waals surface area (Å²) in [6.45, 7) is 0. The topological polar surface area (TPSA) is 64.6 Å². The Kier molecular flexibility index (Phi) is 5.57. The number of rotatable bonds is 5. The fourth-order valence-corrected chi connectivity index (χ4v) is 2.64. The van der Waals surface area contributed by atoms with Crippen LogP contribution in [0, 0.1) is 5.82 Å². The molecule has 7 heteroatoms. The van der Waals surface area contributed by atoms with Crippen LogP contribution in [0.15, 0.2) is 60.3 Å². The lowest BCUT2D eigenvalue weighted by Gasteiger charge is -2.15. The fourth-order valence-electron chi connectivity index (χ4n) is 2.47. The Morgan fingerprint density at radius 1 is 1.15 bits per heavy atom. The van der Waals surface area contributed by atoms with Crippen molar-refractivity contribution in [2.45, 2.75) is 6.42 Å². The van der Waals surface area contributed by atoms with Crippen LogP contribution in [-0.4, -0.2) is 18.8 Å². The highest BCUT2D eigenvalue weighted by atomic mass is 35.5. The number of carbonyl (C=O) groups excluding carboxylic acids is 2. The maximum atomic E-state index is 13.4. The first kappa shape index (κ1) is 18.7. The number of methoxy groups -OCH3 is 1. The van der Waals surface area contributed by atoms with E-state index in [1.165, 1.54) is 43.5 Å². The minimum absolute atomic E-state index is 0.105. The maximum Gasteiger partial charge on any atom is 0.259 e. The molecule has 0 aromatic heterocycles. The molecule has 0 saturated carbocycles. The minimum atomic E-state index is -0.501. The predicted molar refractivity (Wildman–Crippen MR) is 98.8 cm³/mol. The van der Waals surface area contributed by atoms with Crippen LogP contribution in [-0.2, 0) is 4.79 Å². The molecule has 0 saturated heterocycles. The standard InChI is InChI=1S/C20H15ClFNO4/c1-26-19-10-13(22)6-8-18(19)27-17-7-5-12(21)9-16(17)20(25)23-14-3-2-4-15(24)11-14/h2-3,5-11H,4H2,1H3,(H,23,25). The van der Waals surface area contributed by atoms with Crippen LogP contribution in [0.5, 0.6) is 17.2 Å². The number of amides is 1. The first-order valence-corrected chi connectivity index (χ1v) is 8.37. The van der Waals surface area contributed by atoms with E-state index in [2.05, 4.69) is 5.32 Å². The number of carbonyl (C=O) groups is 2. The summed E-state index contributed by atoms with van der Waals surface area (Å²) in [5.41, 5.74) is 0.530. The second kappa shape index (κ2) is 8.05. The Morgan fingerprint density at radius 2 is 1.93 bits per heavy atom. The summed E-state index contributed by atoms with van der Waals surface area (Å²) in [6, 6.07) is 8.32. The van der Waals surface area contributed by atoms with E-state index < -0.39 is 11.7 Å². The van der Waals surface area contributed by atoms with Gasteiger partial charge in [0.15, 0.2) is 17.3 Å². The number of ether oxygens (including phenoxy) is 2. The molecule has 5 nitrogen and oxygen atoms in total. The Hall–Kier alpha value is -3.12. The molecule has 2 aromatic rings. The molecule has 0 fully saturated rings. The average Bonchev–Trinajstić information content (AvgIpc) is 2.64. The molecule has 1 aliphatic rings. The highest BCUT2D eigenvalue weighted by molar-refractivity contribution is 6.31. The van der Waals surface area contributed by atoms with Crippen molar-refractivity contribution < 1.29 is 23.5 Å². The third kappa shape index (κ3) is 4.54. The number of ketones is 1. The molecule has 0 unspecified atom stereocenters. The van der Waals surface area contributed by atoms with Crippen molar-refractivity contribution in [2.24, 2.45) is 0 Å². The molecule has 138 valence electrons. The van der Waals surface area contributed by atoms with Crippen molar-refractivity contribution in [2.75, 3.05) is 7.11 Å². The summed E-state index contributed by atoms with van der Waals surface area (Å²) in [5.74, 6) is -0.463. The number of halogens is 2. The highest BCUT2D eigenvalue weighted by Crippen LogP contribution is 2.34. The van der Waals surface area contributed by atoms with E-state index in [0.29, 0.717) is 17.1 Å². The Bertz CT molecular complexity index is 968. The molecule has 1 N–H and O–H groups in total. The predicted octanol–water partition coefficient (Wildman–Crippen LogP) is 4.42. The van der Waals surface area contributed by atoms with Gasteiger partial charge in [0, 0.05) is 29.3 Å². The summed E-state index contributed by atoms with van der Waals surface area (Å²) < 4.78 is 24.2. The number of benzene rings is 2. The van der Waals surface area contributed by atoms with Gasteiger partial charge in [0.05, 0.1) is 12.7 Å². The smallest absolute Gasteiger partial charge is 0.259 e. The largest absolute Gasteiger partial charge is 0.493 e. The van der Waals surface area contributed by atoms with Gasteiger partial charge in [-0.05, 0) is 36.4 Å². The number of hydrogen-bond acceptors (Lipinski definition) is 4. The molecule has 0 bridgehead atoms. The van der Waals surface area contributed by atoms with Crippen molar-refractivity contribution in [3.8, 4) is 17.2 Å². The van der Waals surface area contributed by atoms with Crippen LogP contribution < -0.4 is 14.8 Å². The van der Waals surface area contributed by atoms with Gasteiger partial charge in [-0.25, -0.2) is 4.39 Å². The lowest BCUT2D eigenvalue weighted by Crippen LogP contribution is -2.24. The van der Waals surface area contributed by atoms with Gasteiger partial charge in [0.2, 0.25) is 0 Å². The van der Waals surface area contributed by atoms with Gasteiger partial charge < -0.3 is 14.8 Å². The Balaban J connectivity index is 1.90. The van der Waals surface area contributed by atoms with E-state index in [0.717, 1.165) is 0 Å². The fraction of sp³-hybridized carbons (Fsp3) is 0.100. The van der Waals surface area contributed by atoms with Crippen molar-refractivity contribution >= 4 is 23.3 Å². The lowest BCUT2D eigenvalue weighted by molar-refractivity contribution is -0.113. The zero-order chi connectivity index (χ0) is 19.4. The van der Waals surface area contributed by atoms with Crippen LogP contribution in [0.25, 0.3) is 0 Å². The normalized spacial score (nSPS) is 13.1. The molecule has 3 rings (SSSR count). The van der Waals surface area contributed by atoms with E-state index in [9.17, 15) is 14.0 Å². The molecule has 2 aromatic carbocycles. The van der Waals surface area contributed by atoms with Crippen molar-refractivity contribution in [1.29, 1.82) is 0 Å². The molecule has 27 heavy (non-hydrogen) atoms. The van der Waals surface area contributed by atoms with E-state index in [-0.39, 0.29) is 28.6 Å². The SMILES string of the molecule is COc1cc(F)ccc1Oc1ccc(Cl)cc1C(=O)NC1=CC(=O)CC=C1. The molecule has 1 amide bonds. The van der Waals surface area contributed by atoms with E-state index in [1.807, 2.05) is 0 Å². The monoisotopic (exact) mass is 387 g/mol. The molecule has 0 atom stereocenters. The average molecular weight is 388 g/mol. The first-order chi connectivity index (χ1) is 13.0. The van der Waals surface area contributed by atoms with Crippen LogP contribution in [0.2, 0.25) is 5.02 Å². The van der Waals surface area contributed by atoms with Crippen LogP contribution in [0.4, 0.5) is 4.39 Å². The lowest BCUT2D eigenvalue weighted by atomic mass is 10.1. The number of nitrogens with one attached hydrogen (secondary N) is 1. The quantitative estimate of drug-likeness (QED) is 0.824. The molecule has 0 spiro atoms. The summed E-state index contributed by atoms with van der Waals surface area (Å²) in [7, 11) is 1.38. The van der Waals surface area contributed by atoms with Crippen LogP contribution >= 0.6 is 11.6 Å². The number of allylic oxidation sites excluding steroid dienone is 3. The molecular formula is C20H15ClFNO4. The van der Waals surface area contributed by atoms with Crippen LogP contribution in [0.1, 0.15) is 16.8 Å². The molecular weight excluding hydrogens is 373 g/mol. The van der Waals surface area contributed by atoms with E-state index in [4.69, 9.17) is 21.1 Å². The molecule has 0 radical (unpaired) electrons. The van der Waals surface area contributed by atoms with Gasteiger partial charge in [0.1, 0.15) is 11.6 Å². The van der Waals surface area contributed by atoms with E-state index >= 15 is 0 Å². The first-order valence-electron chi connectivity index (χ1n) is 7.99. The summed E-state index contributed by atoms with van der Waals surface area (Å²) in [5, 5.41) is 2.98. The molecule has 0 aliphatic heterocycles. The number of hydrogen-bond donors (Lipinski definition) is 1. The second-order valence-electron chi connectivity index (χ2n) is 5.66. The Labute approximate surface area is 160 Å². The van der Waals surface area contributed by atoms with Gasteiger partial charge >= 0.3 is 0 Å². The summed E-state index contributed by atoms with van der Waals surface area (Å²) in [4.78, 5) is 24.1. The van der Waals surface area contributed by atoms with Crippen LogP contribution in [0.3, 0.4) is 0 Å². The molecule has 0 heterocycles. The third-order valence-electron chi connectivity index (χ3n) is 3.72. The zero-order valence-electron chi connectivity index (χ0n) is 14.3. The molecule has 1 aliphatic carbocycles. The van der Waals surface area contributed by atoms with Gasteiger partial charge in [-0.2, -0.15) is 0 Å². The maximum absolute atomic E-state index is 13.4. The minimum Gasteiger partial charge on any atom is -0.493 e. The van der Waals surface area contributed by atoms with Gasteiger partial charge in [-0.1, -0.05) is 17.7 Å². The van der Waals surface area contributed by atoms with Gasteiger partial charge in [-0.3, -0.25) is 9.59 Å². The van der Waals surface area contributed by atoms with Gasteiger partial charge in [-0.15, -0.1) is 0 Å². The van der Waals surface area contributed by atoms with Crippen molar-refractivity contribution in [1.82, 2.24) is 5.32 Å². The highest BCUT2D eigenvalue weighted by Gasteiger charge is 2.17. The van der Waals surface area contributed by atoms with Gasteiger partial charge in [0.25, 0.3) is 5.91 Å². The van der Waals surface area contributed by atoms with Crippen molar-refractivity contribution in [3.05, 3.63) is 76.7 Å². The zero-order valence-corrected chi connectivity index (χ0v) is 15.0. The second-order valence-corrected chi connectivity index (χ2v) is 6.10. The summed E-state index contributed by atoms with van der Waals surface area (Å²) >= 11 is 6.02.